The van der Waals surface area contributed by atoms with Gasteiger partial charge in [-0.25, -0.2) is 9.67 Å². The first kappa shape index (κ1) is 15.2. The van der Waals surface area contributed by atoms with Crippen LogP contribution in [0, 0.1) is 0 Å². The van der Waals surface area contributed by atoms with Crippen LogP contribution >= 0.6 is 0 Å². The molecular weight excluding hydrogens is 300 g/mol. The summed E-state index contributed by atoms with van der Waals surface area (Å²) in [7, 11) is 0. The van der Waals surface area contributed by atoms with Crippen molar-refractivity contribution in [1.82, 2.24) is 25.4 Å². The van der Waals surface area contributed by atoms with Gasteiger partial charge < -0.3 is 10.6 Å². The van der Waals surface area contributed by atoms with Crippen LogP contribution in [0.2, 0.25) is 0 Å². The van der Waals surface area contributed by atoms with Gasteiger partial charge in [0.1, 0.15) is 12.2 Å². The van der Waals surface area contributed by atoms with E-state index in [1.165, 1.54) is 12.0 Å². The van der Waals surface area contributed by atoms with Gasteiger partial charge in [0.2, 0.25) is 0 Å². The quantitative estimate of drug-likeness (QED) is 0.664. The van der Waals surface area contributed by atoms with Crippen LogP contribution in [0.4, 0.5) is 0 Å². The first-order valence-corrected chi connectivity index (χ1v) is 8.82. The van der Waals surface area contributed by atoms with Crippen molar-refractivity contribution in [2.24, 2.45) is 4.99 Å². The summed E-state index contributed by atoms with van der Waals surface area (Å²) in [5.74, 6) is 2.61. The van der Waals surface area contributed by atoms with E-state index in [0.29, 0.717) is 18.0 Å². The van der Waals surface area contributed by atoms with Gasteiger partial charge in [-0.3, -0.25) is 4.99 Å². The van der Waals surface area contributed by atoms with Crippen LogP contribution in [0.15, 0.2) is 41.7 Å². The van der Waals surface area contributed by atoms with Crippen LogP contribution in [-0.4, -0.2) is 39.4 Å². The third-order valence-electron chi connectivity index (χ3n) is 4.80. The minimum absolute atomic E-state index is 0.353. The van der Waals surface area contributed by atoms with Gasteiger partial charge in [0.25, 0.3) is 0 Å². The summed E-state index contributed by atoms with van der Waals surface area (Å²) in [4.78, 5) is 8.91. The summed E-state index contributed by atoms with van der Waals surface area (Å²) in [5, 5.41) is 11.5. The standard InChI is InChI=1S/C18H24N6/c1-2-19-18(22-14-8-9-17-20-12-21-24(17)11-14)23-16-10-15(16)13-6-4-3-5-7-13/h3-7,12,14-16H,2,8-11H2,1H3,(H2,19,22,23). The number of aliphatic imine (C=N–C) groups is 1. The van der Waals surface area contributed by atoms with Crippen molar-refractivity contribution in [3.05, 3.63) is 48.0 Å². The molecule has 1 aliphatic heterocycles. The summed E-state index contributed by atoms with van der Waals surface area (Å²) in [5.41, 5.74) is 1.41. The van der Waals surface area contributed by atoms with Crippen LogP contribution in [0.5, 0.6) is 0 Å². The number of guanidine groups is 1. The van der Waals surface area contributed by atoms with Crippen LogP contribution in [-0.2, 0) is 13.0 Å². The zero-order valence-corrected chi connectivity index (χ0v) is 14.0. The smallest absolute Gasteiger partial charge is 0.191 e. The second-order valence-corrected chi connectivity index (χ2v) is 6.56. The van der Waals surface area contributed by atoms with Crippen molar-refractivity contribution in [1.29, 1.82) is 0 Å². The molecule has 1 aromatic carbocycles. The molecule has 3 unspecified atom stereocenters. The molecule has 1 aromatic heterocycles. The molecule has 24 heavy (non-hydrogen) atoms. The molecular formula is C18H24N6. The summed E-state index contributed by atoms with van der Waals surface area (Å²) in [6.45, 7) is 3.70. The van der Waals surface area contributed by atoms with E-state index in [2.05, 4.69) is 63.0 Å². The Morgan fingerprint density at radius 3 is 3.00 bits per heavy atom. The number of benzene rings is 1. The molecule has 3 atom stereocenters. The first-order chi connectivity index (χ1) is 11.8. The van der Waals surface area contributed by atoms with Crippen LogP contribution in [0.3, 0.4) is 0 Å². The highest BCUT2D eigenvalue weighted by atomic mass is 15.4. The zero-order chi connectivity index (χ0) is 16.4. The Morgan fingerprint density at radius 2 is 2.17 bits per heavy atom. The molecule has 2 heterocycles. The number of fused-ring (bicyclic) bond motifs is 1. The van der Waals surface area contributed by atoms with Crippen molar-refractivity contribution in [2.75, 3.05) is 6.54 Å². The highest BCUT2D eigenvalue weighted by molar-refractivity contribution is 5.81. The lowest BCUT2D eigenvalue weighted by Crippen LogP contribution is -2.48. The lowest BCUT2D eigenvalue weighted by molar-refractivity contribution is 0.392. The molecule has 4 rings (SSSR count). The van der Waals surface area contributed by atoms with E-state index in [-0.39, 0.29) is 0 Å². The monoisotopic (exact) mass is 324 g/mol. The van der Waals surface area contributed by atoms with Gasteiger partial charge >= 0.3 is 0 Å². The minimum atomic E-state index is 0.353. The third kappa shape index (κ3) is 3.27. The van der Waals surface area contributed by atoms with Crippen molar-refractivity contribution in [3.63, 3.8) is 0 Å². The van der Waals surface area contributed by atoms with Gasteiger partial charge in [-0.05, 0) is 25.3 Å². The van der Waals surface area contributed by atoms with Crippen molar-refractivity contribution < 1.29 is 0 Å². The number of nitrogens with zero attached hydrogens (tertiary/aromatic N) is 4. The average molecular weight is 324 g/mol. The number of hydrogen-bond acceptors (Lipinski definition) is 3. The molecule has 2 N–H and O–H groups in total. The topological polar surface area (TPSA) is 67.1 Å². The molecule has 1 aliphatic carbocycles. The predicted octanol–water partition coefficient (Wildman–Crippen LogP) is 1.70. The van der Waals surface area contributed by atoms with Crippen molar-refractivity contribution in [2.45, 2.75) is 50.7 Å². The van der Waals surface area contributed by atoms with Crippen molar-refractivity contribution in [3.8, 4) is 0 Å². The van der Waals surface area contributed by atoms with E-state index in [1.54, 1.807) is 6.33 Å². The molecule has 6 nitrogen and oxygen atoms in total. The van der Waals surface area contributed by atoms with E-state index in [4.69, 9.17) is 0 Å². The molecule has 0 amide bonds. The predicted molar refractivity (Wildman–Crippen MR) is 94.0 cm³/mol. The van der Waals surface area contributed by atoms with Crippen LogP contribution < -0.4 is 10.6 Å². The minimum Gasteiger partial charge on any atom is -0.353 e. The molecule has 0 spiro atoms. The molecule has 6 heteroatoms. The fourth-order valence-corrected chi connectivity index (χ4v) is 3.44. The summed E-state index contributed by atoms with van der Waals surface area (Å²) in [6.07, 6.45) is 4.85. The van der Waals surface area contributed by atoms with E-state index in [1.807, 2.05) is 4.68 Å². The SMILES string of the molecule is CCN=C(NC1CCc2ncnn2C1)NC1CC1c1ccccc1. The number of aryl methyl sites for hydroxylation is 1. The third-order valence-corrected chi connectivity index (χ3v) is 4.80. The van der Waals surface area contributed by atoms with Crippen LogP contribution in [0.25, 0.3) is 0 Å². The Balaban J connectivity index is 1.35. The van der Waals surface area contributed by atoms with Crippen LogP contribution in [0.1, 0.15) is 37.1 Å². The Labute approximate surface area is 142 Å². The maximum atomic E-state index is 4.62. The number of aromatic nitrogens is 3. The van der Waals surface area contributed by atoms with Gasteiger partial charge in [-0.1, -0.05) is 30.3 Å². The summed E-state index contributed by atoms with van der Waals surface area (Å²) < 4.78 is 1.99. The molecule has 2 aliphatic rings. The molecule has 1 saturated carbocycles. The highest BCUT2D eigenvalue weighted by Crippen LogP contribution is 2.40. The van der Waals surface area contributed by atoms with E-state index < -0.39 is 0 Å². The first-order valence-electron chi connectivity index (χ1n) is 8.82. The van der Waals surface area contributed by atoms with E-state index in [0.717, 1.165) is 37.7 Å². The second kappa shape index (κ2) is 6.63. The normalized spacial score (nSPS) is 25.9. The van der Waals surface area contributed by atoms with Gasteiger partial charge in [0, 0.05) is 31.0 Å². The van der Waals surface area contributed by atoms with E-state index >= 15 is 0 Å². The maximum Gasteiger partial charge on any atom is 0.191 e. The Hall–Kier alpha value is -2.37. The lowest BCUT2D eigenvalue weighted by atomic mass is 10.1. The molecule has 1 fully saturated rings. The van der Waals surface area contributed by atoms with Gasteiger partial charge in [-0.2, -0.15) is 5.10 Å². The fraction of sp³-hybridized carbons (Fsp3) is 0.500. The van der Waals surface area contributed by atoms with Gasteiger partial charge in [-0.15, -0.1) is 0 Å². The van der Waals surface area contributed by atoms with Crippen molar-refractivity contribution >= 4 is 5.96 Å². The largest absolute Gasteiger partial charge is 0.353 e. The maximum absolute atomic E-state index is 4.62. The number of hydrogen-bond donors (Lipinski definition) is 2. The number of rotatable bonds is 4. The van der Waals surface area contributed by atoms with Gasteiger partial charge in [0.15, 0.2) is 5.96 Å². The Kier molecular flexibility index (Phi) is 4.19. The Bertz CT molecular complexity index is 707. The second-order valence-electron chi connectivity index (χ2n) is 6.56. The fourth-order valence-electron chi connectivity index (χ4n) is 3.44. The highest BCUT2D eigenvalue weighted by Gasteiger charge is 2.39. The molecule has 0 radical (unpaired) electrons. The lowest BCUT2D eigenvalue weighted by Gasteiger charge is -2.25. The summed E-state index contributed by atoms with van der Waals surface area (Å²) >= 11 is 0. The molecule has 0 bridgehead atoms. The molecule has 126 valence electrons. The molecule has 2 aromatic rings. The Morgan fingerprint density at radius 1 is 1.29 bits per heavy atom. The average Bonchev–Trinajstić information content (AvgIpc) is 3.21. The van der Waals surface area contributed by atoms with E-state index in [9.17, 15) is 0 Å². The molecule has 0 saturated heterocycles. The zero-order valence-electron chi connectivity index (χ0n) is 14.0. The van der Waals surface area contributed by atoms with Gasteiger partial charge in [0.05, 0.1) is 6.54 Å². The number of nitrogens with one attached hydrogen (secondary N) is 2. The summed E-state index contributed by atoms with van der Waals surface area (Å²) in [6, 6.07) is 11.6.